The van der Waals surface area contributed by atoms with Crippen LogP contribution in [0.25, 0.3) is 0 Å². The fourth-order valence-electron chi connectivity index (χ4n) is 3.90. The van der Waals surface area contributed by atoms with Crippen molar-refractivity contribution in [1.29, 1.82) is 0 Å². The van der Waals surface area contributed by atoms with Crippen LogP contribution in [0.2, 0.25) is 0 Å². The molecular formula is C31H37NO3. The highest BCUT2D eigenvalue weighted by molar-refractivity contribution is 5.78. The Hall–Kier alpha value is -3.40. The van der Waals surface area contributed by atoms with E-state index in [1.165, 1.54) is 11.1 Å². The average molecular weight is 472 g/mol. The summed E-state index contributed by atoms with van der Waals surface area (Å²) in [5.74, 6) is 0.0734. The number of ether oxygens (including phenoxy) is 1. The van der Waals surface area contributed by atoms with E-state index >= 15 is 0 Å². The lowest BCUT2D eigenvalue weighted by Gasteiger charge is -2.26. The SMILES string of the molecule is CCCCOC(=O)CCc1ccc(N(c2ccc(CCC(C)=O)cc2)c2ccc(C)c(C)c2)cc1. The van der Waals surface area contributed by atoms with E-state index in [-0.39, 0.29) is 11.8 Å². The second-order valence-electron chi connectivity index (χ2n) is 9.21. The molecule has 0 saturated heterocycles. The highest BCUT2D eigenvalue weighted by Crippen LogP contribution is 2.35. The summed E-state index contributed by atoms with van der Waals surface area (Å²) in [4.78, 5) is 25.6. The fraction of sp³-hybridized carbons (Fsp3) is 0.355. The zero-order chi connectivity index (χ0) is 25.2. The number of Topliss-reactive ketones (excluding diaryl/α,β-unsaturated/α-hetero) is 1. The first kappa shape index (κ1) is 26.2. The molecule has 0 unspecified atom stereocenters. The minimum absolute atomic E-state index is 0.135. The predicted molar refractivity (Wildman–Crippen MR) is 144 cm³/mol. The van der Waals surface area contributed by atoms with Crippen molar-refractivity contribution in [1.82, 2.24) is 0 Å². The summed E-state index contributed by atoms with van der Waals surface area (Å²) in [5.41, 5.74) is 7.98. The van der Waals surface area contributed by atoms with Gasteiger partial charge in [0.1, 0.15) is 5.78 Å². The van der Waals surface area contributed by atoms with Gasteiger partial charge in [0.2, 0.25) is 0 Å². The van der Waals surface area contributed by atoms with E-state index in [4.69, 9.17) is 4.74 Å². The zero-order valence-electron chi connectivity index (χ0n) is 21.5. The number of unbranched alkanes of at least 4 members (excludes halogenated alkanes) is 1. The number of aryl methyl sites for hydroxylation is 4. The predicted octanol–water partition coefficient (Wildman–Crippen LogP) is 7.57. The molecule has 3 rings (SSSR count). The Morgan fingerprint density at radius 1 is 0.743 bits per heavy atom. The smallest absolute Gasteiger partial charge is 0.306 e. The third-order valence-corrected chi connectivity index (χ3v) is 6.28. The Kier molecular flexibility index (Phi) is 9.66. The number of anilines is 3. The van der Waals surface area contributed by atoms with Gasteiger partial charge in [0, 0.05) is 29.9 Å². The molecule has 184 valence electrons. The topological polar surface area (TPSA) is 46.6 Å². The van der Waals surface area contributed by atoms with Crippen LogP contribution in [0, 0.1) is 13.8 Å². The van der Waals surface area contributed by atoms with E-state index < -0.39 is 0 Å². The maximum Gasteiger partial charge on any atom is 0.306 e. The molecule has 0 aromatic heterocycles. The van der Waals surface area contributed by atoms with Crippen molar-refractivity contribution in [2.45, 2.75) is 66.2 Å². The summed E-state index contributed by atoms with van der Waals surface area (Å²) in [6.45, 7) is 8.47. The number of carbonyl (C=O) groups excluding carboxylic acids is 2. The third-order valence-electron chi connectivity index (χ3n) is 6.28. The summed E-state index contributed by atoms with van der Waals surface area (Å²) < 4.78 is 5.28. The van der Waals surface area contributed by atoms with Crippen LogP contribution in [-0.2, 0) is 27.2 Å². The normalized spacial score (nSPS) is 10.7. The van der Waals surface area contributed by atoms with Gasteiger partial charge in [0.25, 0.3) is 0 Å². The highest BCUT2D eigenvalue weighted by atomic mass is 16.5. The molecule has 3 aromatic carbocycles. The number of hydrogen-bond acceptors (Lipinski definition) is 4. The highest BCUT2D eigenvalue weighted by Gasteiger charge is 2.14. The number of esters is 1. The zero-order valence-corrected chi connectivity index (χ0v) is 21.5. The monoisotopic (exact) mass is 471 g/mol. The minimum atomic E-state index is -0.135. The molecule has 0 aliphatic heterocycles. The number of benzene rings is 3. The van der Waals surface area contributed by atoms with Gasteiger partial charge in [-0.1, -0.05) is 43.7 Å². The quantitative estimate of drug-likeness (QED) is 0.202. The summed E-state index contributed by atoms with van der Waals surface area (Å²) >= 11 is 0. The van der Waals surface area contributed by atoms with E-state index in [0.29, 0.717) is 25.9 Å². The Morgan fingerprint density at radius 3 is 1.80 bits per heavy atom. The first-order chi connectivity index (χ1) is 16.9. The van der Waals surface area contributed by atoms with Gasteiger partial charge in [0.15, 0.2) is 0 Å². The van der Waals surface area contributed by atoms with E-state index in [9.17, 15) is 9.59 Å². The van der Waals surface area contributed by atoms with Crippen LogP contribution >= 0.6 is 0 Å². The molecule has 4 nitrogen and oxygen atoms in total. The van der Waals surface area contributed by atoms with Crippen LogP contribution in [0.1, 0.15) is 61.8 Å². The summed E-state index contributed by atoms with van der Waals surface area (Å²) in [6.07, 6.45) is 4.31. The molecule has 4 heteroatoms. The number of ketones is 1. The molecule has 3 aromatic rings. The third kappa shape index (κ3) is 7.81. The molecule has 0 aliphatic carbocycles. The van der Waals surface area contributed by atoms with Gasteiger partial charge in [-0.05, 0) is 98.7 Å². The number of rotatable bonds is 12. The molecule has 0 heterocycles. The molecular weight excluding hydrogens is 434 g/mol. The number of carbonyl (C=O) groups is 2. The van der Waals surface area contributed by atoms with E-state index in [0.717, 1.165) is 47.5 Å². The molecule has 0 bridgehead atoms. The largest absolute Gasteiger partial charge is 0.466 e. The van der Waals surface area contributed by atoms with E-state index in [2.05, 4.69) is 92.4 Å². The molecule has 0 radical (unpaired) electrons. The number of hydrogen-bond donors (Lipinski definition) is 0. The van der Waals surface area contributed by atoms with Gasteiger partial charge in [-0.25, -0.2) is 0 Å². The van der Waals surface area contributed by atoms with E-state index in [1.807, 2.05) is 0 Å². The lowest BCUT2D eigenvalue weighted by molar-refractivity contribution is -0.143. The molecule has 0 aliphatic rings. The Balaban J connectivity index is 1.81. The maximum absolute atomic E-state index is 12.0. The molecule has 35 heavy (non-hydrogen) atoms. The summed E-state index contributed by atoms with van der Waals surface area (Å²) in [5, 5.41) is 0. The molecule has 0 amide bonds. The Bertz CT molecular complexity index is 1120. The Morgan fingerprint density at radius 2 is 1.29 bits per heavy atom. The molecule has 0 fully saturated rings. The van der Waals surface area contributed by atoms with Crippen molar-refractivity contribution in [2.24, 2.45) is 0 Å². The molecule has 0 atom stereocenters. The van der Waals surface area contributed by atoms with Gasteiger partial charge < -0.3 is 14.4 Å². The van der Waals surface area contributed by atoms with Gasteiger partial charge in [-0.2, -0.15) is 0 Å². The van der Waals surface area contributed by atoms with Crippen LogP contribution < -0.4 is 4.90 Å². The lowest BCUT2D eigenvalue weighted by atomic mass is 10.0. The summed E-state index contributed by atoms with van der Waals surface area (Å²) in [7, 11) is 0. The summed E-state index contributed by atoms with van der Waals surface area (Å²) in [6, 6.07) is 23.3. The standard InChI is InChI=1S/C31H37NO3/c1-5-6-21-35-31(34)20-14-27-12-18-29(19-13-27)32(30-15-7-23(2)24(3)22-30)28-16-10-26(11-17-28)9-8-25(4)33/h7,10-13,15-19,22H,5-6,8-9,14,20-21H2,1-4H3. The molecule has 0 spiro atoms. The van der Waals surface area contributed by atoms with Crippen molar-refractivity contribution < 1.29 is 14.3 Å². The number of nitrogens with zero attached hydrogens (tertiary/aromatic N) is 1. The van der Waals surface area contributed by atoms with Crippen LogP contribution in [-0.4, -0.2) is 18.4 Å². The maximum atomic E-state index is 12.0. The average Bonchev–Trinajstić information content (AvgIpc) is 2.85. The van der Waals surface area contributed by atoms with Gasteiger partial charge in [-0.3, -0.25) is 4.79 Å². The van der Waals surface area contributed by atoms with E-state index in [1.54, 1.807) is 6.92 Å². The van der Waals surface area contributed by atoms with Crippen LogP contribution in [0.4, 0.5) is 17.1 Å². The minimum Gasteiger partial charge on any atom is -0.466 e. The second kappa shape index (κ2) is 12.9. The van der Waals surface area contributed by atoms with Crippen molar-refractivity contribution in [3.8, 4) is 0 Å². The lowest BCUT2D eigenvalue weighted by Crippen LogP contribution is -2.11. The van der Waals surface area contributed by atoms with Gasteiger partial charge in [0.05, 0.1) is 6.61 Å². The first-order valence-electron chi connectivity index (χ1n) is 12.6. The van der Waals surface area contributed by atoms with Crippen LogP contribution in [0.15, 0.2) is 66.7 Å². The molecule has 0 N–H and O–H groups in total. The van der Waals surface area contributed by atoms with Gasteiger partial charge in [-0.15, -0.1) is 0 Å². The molecule has 0 saturated carbocycles. The van der Waals surface area contributed by atoms with Crippen molar-refractivity contribution in [3.05, 3.63) is 89.0 Å². The second-order valence-corrected chi connectivity index (χ2v) is 9.21. The van der Waals surface area contributed by atoms with Crippen molar-refractivity contribution in [2.75, 3.05) is 11.5 Å². The van der Waals surface area contributed by atoms with Crippen molar-refractivity contribution >= 4 is 28.8 Å². The fourth-order valence-corrected chi connectivity index (χ4v) is 3.90. The Labute approximate surface area is 209 Å². The van der Waals surface area contributed by atoms with Gasteiger partial charge >= 0.3 is 5.97 Å². The van der Waals surface area contributed by atoms with Crippen molar-refractivity contribution in [3.63, 3.8) is 0 Å². The van der Waals surface area contributed by atoms with Crippen LogP contribution in [0.3, 0.4) is 0 Å². The van der Waals surface area contributed by atoms with Crippen LogP contribution in [0.5, 0.6) is 0 Å². The first-order valence-corrected chi connectivity index (χ1v) is 12.6.